The normalized spacial score (nSPS) is 11.5. The summed E-state index contributed by atoms with van der Waals surface area (Å²) in [7, 11) is 3.18. The zero-order valence-corrected chi connectivity index (χ0v) is 12.7. The predicted molar refractivity (Wildman–Crippen MR) is 89.1 cm³/mol. The van der Waals surface area contributed by atoms with Gasteiger partial charge in [0, 0.05) is 0 Å². The Balaban J connectivity index is 2.35. The largest absolute Gasteiger partial charge is 0.493 e. The van der Waals surface area contributed by atoms with Gasteiger partial charge in [-0.2, -0.15) is 0 Å². The van der Waals surface area contributed by atoms with Crippen LogP contribution in [0.15, 0.2) is 60.7 Å². The quantitative estimate of drug-likeness (QED) is 0.459. The molecule has 0 fully saturated rings. The van der Waals surface area contributed by atoms with Crippen molar-refractivity contribution in [3.8, 4) is 11.5 Å². The topological polar surface area (TPSA) is 35.5 Å². The summed E-state index contributed by atoms with van der Waals surface area (Å²) in [4.78, 5) is 10.9. The third-order valence-corrected chi connectivity index (χ3v) is 3.22. The monoisotopic (exact) mass is 294 g/mol. The molecule has 0 atom stereocenters. The van der Waals surface area contributed by atoms with Crippen molar-refractivity contribution in [3.63, 3.8) is 0 Å². The number of hydrogen-bond donors (Lipinski definition) is 0. The molecule has 22 heavy (non-hydrogen) atoms. The Morgan fingerprint density at radius 2 is 1.68 bits per heavy atom. The van der Waals surface area contributed by atoms with E-state index in [9.17, 15) is 4.79 Å². The Morgan fingerprint density at radius 1 is 0.955 bits per heavy atom. The van der Waals surface area contributed by atoms with Crippen LogP contribution in [-0.2, 0) is 4.79 Å². The minimum absolute atomic E-state index is 0.630. The molecule has 2 aromatic carbocycles. The van der Waals surface area contributed by atoms with Crippen molar-refractivity contribution >= 4 is 17.9 Å². The van der Waals surface area contributed by atoms with Gasteiger partial charge in [0.1, 0.15) is 6.29 Å². The molecule has 0 saturated heterocycles. The Kier molecular flexibility index (Phi) is 5.55. The predicted octanol–water partition coefficient (Wildman–Crippen LogP) is 4.00. The number of hydrogen-bond acceptors (Lipinski definition) is 3. The van der Waals surface area contributed by atoms with Gasteiger partial charge in [-0.05, 0) is 34.9 Å². The summed E-state index contributed by atoms with van der Waals surface area (Å²) in [5.41, 5.74) is 2.76. The fourth-order valence-electron chi connectivity index (χ4n) is 2.09. The number of ether oxygens (including phenoxy) is 2. The maximum absolute atomic E-state index is 10.9. The Morgan fingerprint density at radius 3 is 2.32 bits per heavy atom. The zero-order valence-electron chi connectivity index (χ0n) is 12.7. The number of methoxy groups -OCH3 is 2. The number of allylic oxidation sites excluding steroid dienone is 3. The van der Waals surface area contributed by atoms with Crippen LogP contribution in [0.3, 0.4) is 0 Å². The summed E-state index contributed by atoms with van der Waals surface area (Å²) in [6, 6.07) is 15.5. The van der Waals surface area contributed by atoms with Gasteiger partial charge >= 0.3 is 0 Å². The summed E-state index contributed by atoms with van der Waals surface area (Å²) >= 11 is 0. The summed E-state index contributed by atoms with van der Waals surface area (Å²) < 4.78 is 10.5. The van der Waals surface area contributed by atoms with Gasteiger partial charge in [-0.3, -0.25) is 4.79 Å². The number of carbonyl (C=O) groups excluding carboxylic acids is 1. The highest BCUT2D eigenvalue weighted by molar-refractivity contribution is 5.89. The van der Waals surface area contributed by atoms with E-state index in [1.54, 1.807) is 14.2 Å². The zero-order chi connectivity index (χ0) is 15.8. The molecule has 3 heteroatoms. The molecule has 0 aromatic heterocycles. The van der Waals surface area contributed by atoms with E-state index in [-0.39, 0.29) is 0 Å². The van der Waals surface area contributed by atoms with Gasteiger partial charge in [0.05, 0.1) is 14.2 Å². The van der Waals surface area contributed by atoms with Gasteiger partial charge in [0.15, 0.2) is 11.5 Å². The molecular weight excluding hydrogens is 276 g/mol. The van der Waals surface area contributed by atoms with E-state index in [0.717, 1.165) is 23.0 Å². The molecule has 0 heterocycles. The van der Waals surface area contributed by atoms with E-state index in [4.69, 9.17) is 9.47 Å². The Bertz CT molecular complexity index is 685. The highest BCUT2D eigenvalue weighted by Crippen LogP contribution is 2.30. The first-order valence-electron chi connectivity index (χ1n) is 6.89. The smallest absolute Gasteiger partial charge is 0.161 e. The molecule has 0 spiro atoms. The maximum Gasteiger partial charge on any atom is 0.161 e. The molecule has 0 N–H and O–H groups in total. The van der Waals surface area contributed by atoms with E-state index >= 15 is 0 Å². The highest BCUT2D eigenvalue weighted by Gasteiger charge is 2.06. The second kappa shape index (κ2) is 7.84. The lowest BCUT2D eigenvalue weighted by Gasteiger charge is -2.10. The summed E-state index contributed by atoms with van der Waals surface area (Å²) in [6.45, 7) is 0. The van der Waals surface area contributed by atoms with Crippen LogP contribution in [-0.4, -0.2) is 20.5 Å². The molecule has 0 amide bonds. The van der Waals surface area contributed by atoms with Crippen LogP contribution in [0.4, 0.5) is 0 Å². The van der Waals surface area contributed by atoms with Gasteiger partial charge in [0.2, 0.25) is 0 Å². The van der Waals surface area contributed by atoms with Crippen LogP contribution in [0.2, 0.25) is 0 Å². The summed E-state index contributed by atoms with van der Waals surface area (Å²) in [5.74, 6) is 1.29. The molecule has 0 radical (unpaired) electrons. The van der Waals surface area contributed by atoms with Crippen molar-refractivity contribution in [1.29, 1.82) is 0 Å². The molecule has 0 unspecified atom stereocenters. The first-order valence-corrected chi connectivity index (χ1v) is 6.89. The molecule has 2 aromatic rings. The van der Waals surface area contributed by atoms with Crippen molar-refractivity contribution in [1.82, 2.24) is 0 Å². The lowest BCUT2D eigenvalue weighted by Crippen LogP contribution is -1.92. The van der Waals surface area contributed by atoms with Crippen LogP contribution in [0.1, 0.15) is 11.1 Å². The van der Waals surface area contributed by atoms with Crippen LogP contribution in [0, 0.1) is 0 Å². The van der Waals surface area contributed by atoms with Gasteiger partial charge < -0.3 is 9.47 Å². The van der Waals surface area contributed by atoms with Crippen molar-refractivity contribution in [3.05, 3.63) is 71.8 Å². The first kappa shape index (κ1) is 15.6. The second-order valence-electron chi connectivity index (χ2n) is 4.57. The molecule has 0 saturated carbocycles. The van der Waals surface area contributed by atoms with E-state index in [2.05, 4.69) is 0 Å². The standard InChI is InChI=1S/C19H18O3/c1-21-18-11-10-17(14-19(18)22-2)16(12-13-20)9-8-15-6-4-3-5-7-15/h3-14H,1-2H3/b9-8+,16-12+. The lowest BCUT2D eigenvalue weighted by molar-refractivity contribution is -0.104. The summed E-state index contributed by atoms with van der Waals surface area (Å²) in [5, 5.41) is 0. The minimum atomic E-state index is 0.630. The highest BCUT2D eigenvalue weighted by atomic mass is 16.5. The first-order chi connectivity index (χ1) is 10.8. The van der Waals surface area contributed by atoms with Crippen molar-refractivity contribution in [2.75, 3.05) is 14.2 Å². The molecule has 0 bridgehead atoms. The third kappa shape index (κ3) is 3.85. The van der Waals surface area contributed by atoms with Gasteiger partial charge in [-0.25, -0.2) is 0 Å². The van der Waals surface area contributed by atoms with Gasteiger partial charge in [-0.1, -0.05) is 48.6 Å². The second-order valence-corrected chi connectivity index (χ2v) is 4.57. The Labute approximate surface area is 130 Å². The molecule has 2 rings (SSSR count). The van der Waals surface area contributed by atoms with E-state index in [1.807, 2.05) is 60.7 Å². The molecule has 0 aliphatic heterocycles. The molecule has 112 valence electrons. The molecule has 0 aliphatic rings. The van der Waals surface area contributed by atoms with Crippen LogP contribution >= 0.6 is 0 Å². The van der Waals surface area contributed by atoms with E-state index < -0.39 is 0 Å². The summed E-state index contributed by atoms with van der Waals surface area (Å²) in [6.07, 6.45) is 6.18. The average molecular weight is 294 g/mol. The number of carbonyl (C=O) groups is 1. The maximum atomic E-state index is 10.9. The van der Waals surface area contributed by atoms with Crippen molar-refractivity contribution in [2.45, 2.75) is 0 Å². The van der Waals surface area contributed by atoms with Crippen molar-refractivity contribution in [2.24, 2.45) is 0 Å². The van der Waals surface area contributed by atoms with E-state index in [0.29, 0.717) is 11.5 Å². The van der Waals surface area contributed by atoms with Gasteiger partial charge in [0.25, 0.3) is 0 Å². The van der Waals surface area contributed by atoms with Crippen molar-refractivity contribution < 1.29 is 14.3 Å². The lowest BCUT2D eigenvalue weighted by atomic mass is 10.0. The number of rotatable bonds is 6. The molecule has 0 aliphatic carbocycles. The minimum Gasteiger partial charge on any atom is -0.493 e. The van der Waals surface area contributed by atoms with Crippen LogP contribution < -0.4 is 9.47 Å². The number of benzene rings is 2. The molecular formula is C19H18O3. The Hall–Kier alpha value is -2.81. The third-order valence-electron chi connectivity index (χ3n) is 3.22. The van der Waals surface area contributed by atoms with E-state index in [1.165, 1.54) is 6.08 Å². The van der Waals surface area contributed by atoms with Gasteiger partial charge in [-0.15, -0.1) is 0 Å². The van der Waals surface area contributed by atoms with Crippen LogP contribution in [0.5, 0.6) is 11.5 Å². The molecule has 3 nitrogen and oxygen atoms in total. The van der Waals surface area contributed by atoms with Crippen LogP contribution in [0.25, 0.3) is 11.6 Å². The fourth-order valence-corrected chi connectivity index (χ4v) is 2.09. The SMILES string of the molecule is COc1ccc(C(/C=C/c2ccccc2)=C/C=O)cc1OC. The number of aldehydes is 1. The fraction of sp³-hybridized carbons (Fsp3) is 0.105. The average Bonchev–Trinajstić information content (AvgIpc) is 2.59.